The molecule has 0 aromatic heterocycles. The summed E-state index contributed by atoms with van der Waals surface area (Å²) in [6, 6.07) is 6.46. The van der Waals surface area contributed by atoms with E-state index in [1.54, 1.807) is 18.2 Å². The Labute approximate surface area is 126 Å². The predicted octanol–water partition coefficient (Wildman–Crippen LogP) is 1.25. The van der Waals surface area contributed by atoms with E-state index in [9.17, 15) is 14.4 Å². The van der Waals surface area contributed by atoms with Gasteiger partial charge in [0.15, 0.2) is 0 Å². The summed E-state index contributed by atoms with van der Waals surface area (Å²) in [6.45, 7) is 0.520. The van der Waals surface area contributed by atoms with Gasteiger partial charge < -0.3 is 9.84 Å². The highest BCUT2D eigenvalue weighted by atomic mass is 32.2. The molecule has 1 N–H and O–H groups in total. The van der Waals surface area contributed by atoms with Crippen LogP contribution >= 0.6 is 11.8 Å². The molecule has 0 saturated carbocycles. The number of carbonyl (C=O) groups is 3. The Kier molecular flexibility index (Phi) is 4.98. The molecule has 6 nitrogen and oxygen atoms in total. The van der Waals surface area contributed by atoms with E-state index >= 15 is 0 Å². The van der Waals surface area contributed by atoms with Crippen LogP contribution in [-0.4, -0.2) is 53.3 Å². The van der Waals surface area contributed by atoms with Crippen molar-refractivity contribution in [3.05, 3.63) is 29.8 Å². The normalized spacial score (nSPS) is 18.3. The SMILES string of the molecule is COCCN1C(=O)C[C@@H](Sc2ccccc2C(=O)O)C1=O. The molecule has 1 aromatic carbocycles. The van der Waals surface area contributed by atoms with Crippen LogP contribution in [0.2, 0.25) is 0 Å². The van der Waals surface area contributed by atoms with Gasteiger partial charge >= 0.3 is 5.97 Å². The number of hydrogen-bond donors (Lipinski definition) is 1. The number of carboxylic acids is 1. The molecule has 112 valence electrons. The lowest BCUT2D eigenvalue weighted by atomic mass is 10.2. The number of carboxylic acid groups (broad SMARTS) is 1. The summed E-state index contributed by atoms with van der Waals surface area (Å²) in [5, 5.41) is 8.56. The van der Waals surface area contributed by atoms with Crippen molar-refractivity contribution < 1.29 is 24.2 Å². The van der Waals surface area contributed by atoms with Crippen LogP contribution in [0.1, 0.15) is 16.8 Å². The third kappa shape index (κ3) is 3.43. The van der Waals surface area contributed by atoms with Crippen molar-refractivity contribution in [3.8, 4) is 0 Å². The number of methoxy groups -OCH3 is 1. The molecule has 1 atom stereocenters. The second kappa shape index (κ2) is 6.73. The molecule has 2 rings (SSSR count). The Bertz CT molecular complexity index is 574. The van der Waals surface area contributed by atoms with Gasteiger partial charge in [0.2, 0.25) is 11.8 Å². The maximum atomic E-state index is 12.2. The minimum atomic E-state index is -1.05. The van der Waals surface area contributed by atoms with Crippen LogP contribution in [0, 0.1) is 0 Å². The van der Waals surface area contributed by atoms with Gasteiger partial charge in [0.05, 0.1) is 24.0 Å². The van der Waals surface area contributed by atoms with Gasteiger partial charge in [0.25, 0.3) is 0 Å². The number of rotatable bonds is 6. The van der Waals surface area contributed by atoms with Gasteiger partial charge in [-0.25, -0.2) is 4.79 Å². The van der Waals surface area contributed by atoms with Gasteiger partial charge in [-0.3, -0.25) is 14.5 Å². The molecule has 1 heterocycles. The maximum absolute atomic E-state index is 12.2. The van der Waals surface area contributed by atoms with Crippen LogP contribution in [0.4, 0.5) is 0 Å². The average molecular weight is 309 g/mol. The van der Waals surface area contributed by atoms with Crippen molar-refractivity contribution in [3.63, 3.8) is 0 Å². The maximum Gasteiger partial charge on any atom is 0.336 e. The number of benzene rings is 1. The number of ether oxygens (including phenoxy) is 1. The van der Waals surface area contributed by atoms with Crippen molar-refractivity contribution in [2.24, 2.45) is 0 Å². The zero-order valence-corrected chi connectivity index (χ0v) is 12.3. The number of imide groups is 1. The summed E-state index contributed by atoms with van der Waals surface area (Å²) >= 11 is 1.12. The molecule has 0 aliphatic carbocycles. The zero-order valence-electron chi connectivity index (χ0n) is 11.4. The van der Waals surface area contributed by atoms with Crippen LogP contribution in [0.25, 0.3) is 0 Å². The van der Waals surface area contributed by atoms with Crippen molar-refractivity contribution in [2.75, 3.05) is 20.3 Å². The molecule has 0 bridgehead atoms. The molecule has 1 fully saturated rings. The number of aromatic carboxylic acids is 1. The number of nitrogens with zero attached hydrogens (tertiary/aromatic N) is 1. The lowest BCUT2D eigenvalue weighted by molar-refractivity contribution is -0.138. The molecule has 0 spiro atoms. The van der Waals surface area contributed by atoms with Gasteiger partial charge in [0, 0.05) is 18.4 Å². The van der Waals surface area contributed by atoms with Crippen LogP contribution in [0.3, 0.4) is 0 Å². The van der Waals surface area contributed by atoms with E-state index in [4.69, 9.17) is 9.84 Å². The van der Waals surface area contributed by atoms with Crippen LogP contribution < -0.4 is 0 Å². The first kappa shape index (κ1) is 15.5. The van der Waals surface area contributed by atoms with Gasteiger partial charge in [-0.05, 0) is 12.1 Å². The first-order chi connectivity index (χ1) is 10.0. The standard InChI is InChI=1S/C14H15NO5S/c1-20-7-6-15-12(16)8-11(13(15)17)21-10-5-3-2-4-9(10)14(18)19/h2-5,11H,6-8H2,1H3,(H,18,19)/t11-/m1/s1. The van der Waals surface area contributed by atoms with E-state index < -0.39 is 11.2 Å². The summed E-state index contributed by atoms with van der Waals surface area (Å²) in [5.41, 5.74) is 0.137. The molecule has 21 heavy (non-hydrogen) atoms. The Morgan fingerprint density at radius 2 is 2.14 bits per heavy atom. The van der Waals surface area contributed by atoms with E-state index in [2.05, 4.69) is 0 Å². The highest BCUT2D eigenvalue weighted by Crippen LogP contribution is 2.33. The molecule has 2 amide bonds. The van der Waals surface area contributed by atoms with E-state index in [0.29, 0.717) is 11.5 Å². The van der Waals surface area contributed by atoms with E-state index in [1.165, 1.54) is 18.1 Å². The fraction of sp³-hybridized carbons (Fsp3) is 0.357. The minimum absolute atomic E-state index is 0.0845. The summed E-state index contributed by atoms with van der Waals surface area (Å²) < 4.78 is 4.87. The molecule has 0 radical (unpaired) electrons. The second-order valence-electron chi connectivity index (χ2n) is 4.49. The number of likely N-dealkylation sites (tertiary alicyclic amines) is 1. The van der Waals surface area contributed by atoms with Crippen molar-refractivity contribution >= 4 is 29.5 Å². The summed E-state index contributed by atoms with van der Waals surface area (Å²) in [5.74, 6) is -1.59. The topological polar surface area (TPSA) is 83.9 Å². The van der Waals surface area contributed by atoms with Crippen LogP contribution in [-0.2, 0) is 14.3 Å². The number of carbonyl (C=O) groups excluding carboxylic acids is 2. The smallest absolute Gasteiger partial charge is 0.336 e. The number of amides is 2. The molecular weight excluding hydrogens is 294 g/mol. The van der Waals surface area contributed by atoms with Gasteiger partial charge in [-0.1, -0.05) is 12.1 Å². The van der Waals surface area contributed by atoms with Crippen molar-refractivity contribution in [1.29, 1.82) is 0 Å². The highest BCUT2D eigenvalue weighted by molar-refractivity contribution is 8.00. The van der Waals surface area contributed by atoms with Crippen molar-refractivity contribution in [1.82, 2.24) is 4.90 Å². The first-order valence-corrected chi connectivity index (χ1v) is 7.24. The highest BCUT2D eigenvalue weighted by Gasteiger charge is 2.39. The Morgan fingerprint density at radius 3 is 2.81 bits per heavy atom. The van der Waals surface area contributed by atoms with Crippen LogP contribution in [0.5, 0.6) is 0 Å². The first-order valence-electron chi connectivity index (χ1n) is 6.36. The number of thioether (sulfide) groups is 1. The molecule has 7 heteroatoms. The molecule has 1 aromatic rings. The Hall–Kier alpha value is -1.86. The lowest BCUT2D eigenvalue weighted by Crippen LogP contribution is -2.34. The zero-order chi connectivity index (χ0) is 15.4. The molecule has 1 aliphatic heterocycles. The van der Waals surface area contributed by atoms with E-state index in [-0.39, 0.29) is 30.3 Å². The number of hydrogen-bond acceptors (Lipinski definition) is 5. The summed E-state index contributed by atoms with van der Waals surface area (Å²) in [7, 11) is 1.50. The van der Waals surface area contributed by atoms with Gasteiger partial charge in [0.1, 0.15) is 0 Å². The predicted molar refractivity (Wildman–Crippen MR) is 76.3 cm³/mol. The Morgan fingerprint density at radius 1 is 1.43 bits per heavy atom. The minimum Gasteiger partial charge on any atom is -0.478 e. The Balaban J connectivity index is 2.13. The lowest BCUT2D eigenvalue weighted by Gasteiger charge is -2.14. The monoisotopic (exact) mass is 309 g/mol. The third-order valence-corrected chi connectivity index (χ3v) is 4.37. The molecular formula is C14H15NO5S. The third-order valence-electron chi connectivity index (χ3n) is 3.11. The van der Waals surface area contributed by atoms with Crippen molar-refractivity contribution in [2.45, 2.75) is 16.6 Å². The molecule has 1 aliphatic rings. The largest absolute Gasteiger partial charge is 0.478 e. The van der Waals surface area contributed by atoms with E-state index in [1.807, 2.05) is 0 Å². The fourth-order valence-corrected chi connectivity index (χ4v) is 3.26. The molecule has 0 unspecified atom stereocenters. The van der Waals surface area contributed by atoms with Gasteiger partial charge in [-0.15, -0.1) is 11.8 Å². The average Bonchev–Trinajstić information content (AvgIpc) is 2.72. The van der Waals surface area contributed by atoms with Gasteiger partial charge in [-0.2, -0.15) is 0 Å². The summed E-state index contributed by atoms with van der Waals surface area (Å²) in [4.78, 5) is 36.8. The van der Waals surface area contributed by atoms with Crippen LogP contribution in [0.15, 0.2) is 29.2 Å². The molecule has 1 saturated heterocycles. The summed E-state index contributed by atoms with van der Waals surface area (Å²) in [6.07, 6.45) is 0.0845. The van der Waals surface area contributed by atoms with E-state index in [0.717, 1.165) is 11.8 Å². The second-order valence-corrected chi connectivity index (χ2v) is 5.73. The quantitative estimate of drug-likeness (QED) is 0.796. The fourth-order valence-electron chi connectivity index (χ4n) is 2.06.